The van der Waals surface area contributed by atoms with Crippen LogP contribution in [0.5, 0.6) is 0 Å². The average molecular weight is 1040 g/mol. The van der Waals surface area contributed by atoms with E-state index in [1.165, 1.54) is 6.92 Å². The van der Waals surface area contributed by atoms with Crippen LogP contribution in [0.3, 0.4) is 0 Å². The number of hydrogen-bond donors (Lipinski definition) is 13. The molecule has 4 aliphatic heterocycles. The number of aliphatic hydroxyl groups is 13. The van der Waals surface area contributed by atoms with E-state index in [1.54, 1.807) is 13.8 Å². The quantitative estimate of drug-likeness (QED) is 0.0936. The van der Waals surface area contributed by atoms with Gasteiger partial charge in [-0.1, -0.05) is 34.6 Å². The summed E-state index contributed by atoms with van der Waals surface area (Å²) in [5.41, 5.74) is -3.10. The second-order valence-corrected chi connectivity index (χ2v) is 25.4. The third kappa shape index (κ3) is 8.98. The van der Waals surface area contributed by atoms with Crippen LogP contribution >= 0.6 is 0 Å². The molecule has 0 amide bonds. The number of hydrogen-bond acceptors (Lipinski definition) is 21. The van der Waals surface area contributed by atoms with E-state index >= 15 is 0 Å². The summed E-state index contributed by atoms with van der Waals surface area (Å²) in [6.45, 7) is 14.6. The lowest BCUT2D eigenvalue weighted by Gasteiger charge is -2.65. The zero-order valence-corrected chi connectivity index (χ0v) is 43.0. The number of rotatable bonds is 13. The van der Waals surface area contributed by atoms with Crippen LogP contribution in [0, 0.1) is 50.7 Å². The summed E-state index contributed by atoms with van der Waals surface area (Å²) in [5, 5.41) is 142. The van der Waals surface area contributed by atoms with Crippen molar-refractivity contribution >= 4 is 0 Å². The van der Waals surface area contributed by atoms with Crippen LogP contribution in [0.2, 0.25) is 0 Å². The van der Waals surface area contributed by atoms with Crippen LogP contribution in [0.25, 0.3) is 0 Å². The molecule has 9 fully saturated rings. The lowest BCUT2D eigenvalue weighted by atomic mass is 9.41. The molecule has 0 radical (unpaired) electrons. The summed E-state index contributed by atoms with van der Waals surface area (Å²) in [5.74, 6) is -0.214. The topological polar surface area (TPSA) is 337 Å². The smallest absolute Gasteiger partial charge is 0.187 e. The van der Waals surface area contributed by atoms with E-state index in [0.717, 1.165) is 19.3 Å². The van der Waals surface area contributed by atoms with Gasteiger partial charge in [-0.3, -0.25) is 0 Å². The van der Waals surface area contributed by atoms with Crippen molar-refractivity contribution in [1.82, 2.24) is 0 Å². The van der Waals surface area contributed by atoms with Gasteiger partial charge >= 0.3 is 0 Å². The largest absolute Gasteiger partial charge is 0.393 e. The lowest BCUT2D eigenvalue weighted by Crippen LogP contribution is -2.65. The van der Waals surface area contributed by atoms with Crippen molar-refractivity contribution < 1.29 is 104 Å². The van der Waals surface area contributed by atoms with E-state index in [2.05, 4.69) is 34.6 Å². The van der Waals surface area contributed by atoms with Crippen LogP contribution in [0.1, 0.15) is 113 Å². The summed E-state index contributed by atoms with van der Waals surface area (Å²) in [4.78, 5) is 0. The Labute approximate surface area is 421 Å². The molecule has 0 bridgehead atoms. The molecule has 9 aliphatic rings. The second-order valence-electron chi connectivity index (χ2n) is 25.4. The molecular formula is C51H86O21. The number of aliphatic hydroxyl groups excluding tert-OH is 12. The van der Waals surface area contributed by atoms with Gasteiger partial charge in [0.15, 0.2) is 25.2 Å². The average Bonchev–Trinajstić information content (AvgIpc) is 3.91. The van der Waals surface area contributed by atoms with Gasteiger partial charge in [0.2, 0.25) is 0 Å². The molecule has 5 saturated carbocycles. The molecule has 13 N–H and O–H groups in total. The Bertz CT molecular complexity index is 1890. The molecule has 5 aliphatic carbocycles. The molecule has 0 aromatic heterocycles. The van der Waals surface area contributed by atoms with Crippen molar-refractivity contribution in [3.05, 3.63) is 0 Å². The van der Waals surface area contributed by atoms with Crippen molar-refractivity contribution in [3.8, 4) is 0 Å². The van der Waals surface area contributed by atoms with E-state index in [1.807, 2.05) is 0 Å². The fourth-order valence-corrected chi connectivity index (χ4v) is 16.5. The molecule has 0 aromatic rings. The van der Waals surface area contributed by atoms with Gasteiger partial charge < -0.3 is 104 Å². The highest BCUT2D eigenvalue weighted by molar-refractivity contribution is 5.33. The Balaban J connectivity index is 0.991. The molecule has 72 heavy (non-hydrogen) atoms. The molecule has 2 spiro atoms. The Morgan fingerprint density at radius 1 is 0.597 bits per heavy atom. The van der Waals surface area contributed by atoms with Gasteiger partial charge in [-0.05, 0) is 129 Å². The monoisotopic (exact) mass is 1030 g/mol. The van der Waals surface area contributed by atoms with Gasteiger partial charge in [0.1, 0.15) is 73.2 Å². The SMILES string of the molecule is C[C@H](CC[C@H](O)C(C)(C)O)[C@H]1[C@@H](O)C[C@@]2(C)[C@@H]3C[C@H](O[C@@H]4OC[C@@H](O)[C@H](O)[C@H]4O)[C@@H]4C(C)(C)[C@@H](O[C@@H]5OC[C@@H](O)[C@H](O)[C@H]5O[C@@H]5OC[C@H](O)[C@H](O)[C@H]5O[C@@H]5O[C@@H](C)[C@H](O)[C@@H](O)[C@H]5O)CC[C@@]45C[C@@]35CC[C@]12C. The van der Waals surface area contributed by atoms with E-state index in [9.17, 15) is 66.4 Å². The summed E-state index contributed by atoms with van der Waals surface area (Å²) >= 11 is 0. The lowest BCUT2D eigenvalue weighted by molar-refractivity contribution is -0.382. The van der Waals surface area contributed by atoms with Gasteiger partial charge in [-0.25, -0.2) is 0 Å². The third-order valence-electron chi connectivity index (χ3n) is 20.7. The van der Waals surface area contributed by atoms with Crippen LogP contribution in [0.15, 0.2) is 0 Å². The van der Waals surface area contributed by atoms with Gasteiger partial charge in [0, 0.05) is 0 Å². The van der Waals surface area contributed by atoms with E-state index < -0.39 is 147 Å². The molecule has 4 saturated heterocycles. The van der Waals surface area contributed by atoms with Crippen LogP contribution in [-0.4, -0.2) is 221 Å². The summed E-state index contributed by atoms with van der Waals surface area (Å²) in [6.07, 6.45) is -22.1. The van der Waals surface area contributed by atoms with Crippen molar-refractivity contribution in [2.45, 2.75) is 248 Å². The molecule has 21 heteroatoms. The first-order valence-electron chi connectivity index (χ1n) is 26.6. The van der Waals surface area contributed by atoms with Crippen molar-refractivity contribution in [2.24, 2.45) is 50.7 Å². The molecule has 9 rings (SSSR count). The van der Waals surface area contributed by atoms with Gasteiger partial charge in [0.25, 0.3) is 0 Å². The molecule has 0 aromatic carbocycles. The Morgan fingerprint density at radius 3 is 1.76 bits per heavy atom. The highest BCUT2D eigenvalue weighted by Gasteiger charge is 2.85. The van der Waals surface area contributed by atoms with E-state index in [4.69, 9.17) is 37.9 Å². The first kappa shape index (κ1) is 55.9. The van der Waals surface area contributed by atoms with E-state index in [0.29, 0.717) is 38.5 Å². The van der Waals surface area contributed by atoms with Crippen LogP contribution < -0.4 is 0 Å². The van der Waals surface area contributed by atoms with Crippen molar-refractivity contribution in [1.29, 1.82) is 0 Å². The third-order valence-corrected chi connectivity index (χ3v) is 20.7. The number of ether oxygens (including phenoxy) is 8. The maximum atomic E-state index is 12.2. The highest BCUT2D eigenvalue weighted by Crippen LogP contribution is 2.89. The maximum absolute atomic E-state index is 12.2. The second kappa shape index (κ2) is 19.8. The fourth-order valence-electron chi connectivity index (χ4n) is 16.5. The first-order valence-corrected chi connectivity index (χ1v) is 26.6. The molecule has 4 heterocycles. The molecular weight excluding hydrogens is 949 g/mol. The molecule has 21 nitrogen and oxygen atoms in total. The first-order chi connectivity index (χ1) is 33.5. The molecule has 0 unspecified atom stereocenters. The summed E-state index contributed by atoms with van der Waals surface area (Å²) < 4.78 is 49.7. The predicted octanol–water partition coefficient (Wildman–Crippen LogP) is -1.48. The Hall–Kier alpha value is -0.840. The highest BCUT2D eigenvalue weighted by atomic mass is 16.8. The minimum absolute atomic E-state index is 0.0421. The zero-order valence-electron chi connectivity index (χ0n) is 43.0. The minimum Gasteiger partial charge on any atom is -0.393 e. The van der Waals surface area contributed by atoms with Crippen LogP contribution in [-0.2, 0) is 37.9 Å². The van der Waals surface area contributed by atoms with Gasteiger partial charge in [-0.15, -0.1) is 0 Å². The molecule has 29 atom stereocenters. The maximum Gasteiger partial charge on any atom is 0.187 e. The predicted molar refractivity (Wildman–Crippen MR) is 247 cm³/mol. The van der Waals surface area contributed by atoms with Crippen molar-refractivity contribution in [3.63, 3.8) is 0 Å². The standard InChI is InChI=1S/C51H86O21/c1-21(9-10-29(56)47(5,6)64)31-23(52)16-49(8)28-15-27(69-42-37(62)33(58)24(53)17-65-42)41-46(3,4)30(11-12-51(41)20-50(28,51)14-13-48(31,49)7)70-44-39(34(59)25(54)18-66-44)72-45-40(35(60)26(55)19-67-45)71-43-38(63)36(61)32(57)22(2)68-43/h21-45,52-64H,9-20H2,1-8H3/t21-,22+,23+,24-,25-,26+,27+,28+,29+,30+,31+,32+,33+,34+,35+,36-,37-,38-,39-,40-,41-,42+,43+,44+,45+,48-,49+,50+,51-/m1/s1. The van der Waals surface area contributed by atoms with Gasteiger partial charge in [0.05, 0.1) is 55.9 Å². The normalized spacial score (nSPS) is 55.2. The summed E-state index contributed by atoms with van der Waals surface area (Å²) in [6, 6.07) is 0. The van der Waals surface area contributed by atoms with E-state index in [-0.39, 0.29) is 58.5 Å². The molecule has 416 valence electrons. The van der Waals surface area contributed by atoms with Crippen LogP contribution in [0.4, 0.5) is 0 Å². The summed E-state index contributed by atoms with van der Waals surface area (Å²) in [7, 11) is 0. The zero-order chi connectivity index (χ0) is 52.6. The number of fused-ring (bicyclic) bond motifs is 2. The Morgan fingerprint density at radius 2 is 1.15 bits per heavy atom. The Kier molecular flexibility index (Phi) is 15.4. The van der Waals surface area contributed by atoms with Crippen molar-refractivity contribution in [2.75, 3.05) is 19.8 Å². The van der Waals surface area contributed by atoms with Gasteiger partial charge in [-0.2, -0.15) is 0 Å². The fraction of sp³-hybridized carbons (Fsp3) is 1.00. The minimum atomic E-state index is -1.78.